The number of fused-ring (bicyclic) bond motifs is 7. The SMILES string of the molecule is c1ccc2c(-c3nc(-c4ccc(-c5nc6ccccc6c6c5ccc5ccccc56)cn4)nc(-c4cccc5ccccc45)n3)cccc2c1. The van der Waals surface area contributed by atoms with Crippen molar-refractivity contribution < 1.29 is 0 Å². The lowest BCUT2D eigenvalue weighted by Gasteiger charge is -2.13. The molecule has 0 saturated carbocycles. The number of nitrogens with zero attached hydrogens (tertiary/aromatic N) is 5. The van der Waals surface area contributed by atoms with Crippen LogP contribution in [-0.2, 0) is 0 Å². The van der Waals surface area contributed by atoms with Crippen LogP contribution in [0.1, 0.15) is 0 Å². The highest BCUT2D eigenvalue weighted by molar-refractivity contribution is 6.22. The van der Waals surface area contributed by atoms with E-state index in [2.05, 4.69) is 121 Å². The van der Waals surface area contributed by atoms with Crippen LogP contribution in [0.4, 0.5) is 0 Å². The fraction of sp³-hybridized carbons (Fsp3) is 0. The van der Waals surface area contributed by atoms with E-state index in [4.69, 9.17) is 24.9 Å². The highest BCUT2D eigenvalue weighted by atomic mass is 15.0. The Kier molecular flexibility index (Phi) is 6.42. The van der Waals surface area contributed by atoms with Crippen molar-refractivity contribution >= 4 is 54.0 Å². The number of pyridine rings is 2. The molecule has 7 aromatic carbocycles. The maximum atomic E-state index is 5.17. The number of benzene rings is 7. The molecule has 0 radical (unpaired) electrons. The van der Waals surface area contributed by atoms with Crippen molar-refractivity contribution in [1.29, 1.82) is 0 Å². The van der Waals surface area contributed by atoms with Crippen molar-refractivity contribution in [2.24, 2.45) is 0 Å². The number of rotatable bonds is 4. The number of hydrogen-bond donors (Lipinski definition) is 0. The average Bonchev–Trinajstić information content (AvgIpc) is 3.19. The van der Waals surface area contributed by atoms with E-state index in [0.717, 1.165) is 60.2 Å². The van der Waals surface area contributed by atoms with Crippen LogP contribution in [0.25, 0.3) is 99.5 Å². The maximum Gasteiger partial charge on any atom is 0.182 e. The van der Waals surface area contributed by atoms with Crippen molar-refractivity contribution in [1.82, 2.24) is 24.9 Å². The summed E-state index contributed by atoms with van der Waals surface area (Å²) in [7, 11) is 0. The van der Waals surface area contributed by atoms with Gasteiger partial charge in [-0.25, -0.2) is 19.9 Å². The topological polar surface area (TPSA) is 64.5 Å². The van der Waals surface area contributed by atoms with Gasteiger partial charge in [0, 0.05) is 39.0 Å². The molecule has 3 heterocycles. The van der Waals surface area contributed by atoms with E-state index in [1.807, 2.05) is 42.6 Å². The summed E-state index contributed by atoms with van der Waals surface area (Å²) >= 11 is 0. The molecule has 5 nitrogen and oxygen atoms in total. The molecule has 0 fully saturated rings. The Hall–Kier alpha value is -6.85. The van der Waals surface area contributed by atoms with Gasteiger partial charge in [0.25, 0.3) is 0 Å². The second kappa shape index (κ2) is 11.4. The zero-order valence-electron chi connectivity index (χ0n) is 26.8. The van der Waals surface area contributed by atoms with Gasteiger partial charge in [0.1, 0.15) is 5.69 Å². The molecule has 232 valence electrons. The van der Waals surface area contributed by atoms with Crippen LogP contribution in [0.5, 0.6) is 0 Å². The Labute approximate surface area is 287 Å². The molecule has 0 aliphatic heterocycles. The van der Waals surface area contributed by atoms with Crippen LogP contribution in [0.15, 0.2) is 164 Å². The fourth-order valence-corrected chi connectivity index (χ4v) is 7.18. The zero-order chi connectivity index (χ0) is 33.0. The summed E-state index contributed by atoms with van der Waals surface area (Å²) in [6.07, 6.45) is 1.89. The summed E-state index contributed by atoms with van der Waals surface area (Å²) < 4.78 is 0. The quantitative estimate of drug-likeness (QED) is 0.180. The van der Waals surface area contributed by atoms with E-state index < -0.39 is 0 Å². The molecule has 0 saturated heterocycles. The van der Waals surface area contributed by atoms with Gasteiger partial charge < -0.3 is 0 Å². The predicted octanol–water partition coefficient (Wildman–Crippen LogP) is 11.1. The van der Waals surface area contributed by atoms with E-state index >= 15 is 0 Å². The minimum Gasteiger partial charge on any atom is -0.252 e. The zero-order valence-corrected chi connectivity index (χ0v) is 26.8. The van der Waals surface area contributed by atoms with Gasteiger partial charge in [-0.05, 0) is 50.5 Å². The van der Waals surface area contributed by atoms with Crippen LogP contribution in [0, 0.1) is 0 Å². The minimum atomic E-state index is 0.514. The summed E-state index contributed by atoms with van der Waals surface area (Å²) in [6, 6.07) is 54.4. The first kappa shape index (κ1) is 28.2. The monoisotopic (exact) mass is 637 g/mol. The summed E-state index contributed by atoms with van der Waals surface area (Å²) in [5, 5.41) is 10.3. The summed E-state index contributed by atoms with van der Waals surface area (Å²) in [5.74, 6) is 1.73. The van der Waals surface area contributed by atoms with Gasteiger partial charge in [-0.3, -0.25) is 4.98 Å². The minimum absolute atomic E-state index is 0.514. The molecule has 0 N–H and O–H groups in total. The molecule has 0 amide bonds. The van der Waals surface area contributed by atoms with Gasteiger partial charge in [-0.1, -0.05) is 140 Å². The molecule has 50 heavy (non-hydrogen) atoms. The van der Waals surface area contributed by atoms with Crippen molar-refractivity contribution in [3.8, 4) is 45.6 Å². The van der Waals surface area contributed by atoms with Crippen molar-refractivity contribution in [3.63, 3.8) is 0 Å². The standard InChI is InChI=1S/C45H27N5/c1-4-16-32-28(11-1)14-9-20-35(32)43-48-44(36-21-10-15-29-12-2-5-17-33(29)36)50-45(49-43)40-26-24-31(27-46-40)42-38-25-23-30-13-3-6-18-34(30)41(38)37-19-7-8-22-39(37)47-42/h1-27H. The number of para-hydroxylation sites is 1. The van der Waals surface area contributed by atoms with E-state index in [-0.39, 0.29) is 0 Å². The molecule has 0 aliphatic rings. The van der Waals surface area contributed by atoms with Crippen molar-refractivity contribution in [2.75, 3.05) is 0 Å². The third-order valence-corrected chi connectivity index (χ3v) is 9.55. The van der Waals surface area contributed by atoms with Crippen LogP contribution >= 0.6 is 0 Å². The predicted molar refractivity (Wildman–Crippen MR) is 205 cm³/mol. The lowest BCUT2D eigenvalue weighted by molar-refractivity contribution is 1.06. The van der Waals surface area contributed by atoms with Gasteiger partial charge in [-0.2, -0.15) is 0 Å². The van der Waals surface area contributed by atoms with Crippen LogP contribution < -0.4 is 0 Å². The Balaban J connectivity index is 1.16. The molecule has 0 atom stereocenters. The number of aromatic nitrogens is 5. The van der Waals surface area contributed by atoms with E-state index in [1.165, 1.54) is 16.2 Å². The van der Waals surface area contributed by atoms with Crippen molar-refractivity contribution in [2.45, 2.75) is 0 Å². The molecule has 0 bridgehead atoms. The van der Waals surface area contributed by atoms with Gasteiger partial charge in [0.05, 0.1) is 11.2 Å². The normalized spacial score (nSPS) is 11.6. The smallest absolute Gasteiger partial charge is 0.182 e. The lowest BCUT2D eigenvalue weighted by Crippen LogP contribution is -2.02. The third kappa shape index (κ3) is 4.60. The Bertz CT molecular complexity index is 2810. The van der Waals surface area contributed by atoms with Gasteiger partial charge in [-0.15, -0.1) is 0 Å². The van der Waals surface area contributed by atoms with Crippen LogP contribution in [-0.4, -0.2) is 24.9 Å². The first-order valence-electron chi connectivity index (χ1n) is 16.7. The Morgan fingerprint density at radius 1 is 0.340 bits per heavy atom. The summed E-state index contributed by atoms with van der Waals surface area (Å²) in [4.78, 5) is 25.3. The molecule has 10 rings (SSSR count). The average molecular weight is 638 g/mol. The van der Waals surface area contributed by atoms with Crippen molar-refractivity contribution in [3.05, 3.63) is 164 Å². The maximum absolute atomic E-state index is 5.17. The molecule has 10 aromatic rings. The van der Waals surface area contributed by atoms with Gasteiger partial charge in [0.2, 0.25) is 0 Å². The second-order valence-corrected chi connectivity index (χ2v) is 12.5. The first-order valence-corrected chi connectivity index (χ1v) is 16.7. The molecule has 0 spiro atoms. The Morgan fingerprint density at radius 3 is 1.52 bits per heavy atom. The van der Waals surface area contributed by atoms with E-state index in [9.17, 15) is 0 Å². The molecule has 0 unspecified atom stereocenters. The highest BCUT2D eigenvalue weighted by Gasteiger charge is 2.18. The Morgan fingerprint density at radius 2 is 0.880 bits per heavy atom. The van der Waals surface area contributed by atoms with Gasteiger partial charge in [0.15, 0.2) is 17.5 Å². The third-order valence-electron chi connectivity index (χ3n) is 9.55. The van der Waals surface area contributed by atoms with Gasteiger partial charge >= 0.3 is 0 Å². The molecule has 0 aliphatic carbocycles. The first-order chi connectivity index (χ1) is 24.8. The molecular formula is C45H27N5. The lowest BCUT2D eigenvalue weighted by atomic mass is 9.95. The summed E-state index contributed by atoms with van der Waals surface area (Å²) in [5.41, 5.74) is 5.33. The highest BCUT2D eigenvalue weighted by Crippen LogP contribution is 2.37. The van der Waals surface area contributed by atoms with E-state index in [1.54, 1.807) is 0 Å². The summed E-state index contributed by atoms with van der Waals surface area (Å²) in [6.45, 7) is 0. The molecular weight excluding hydrogens is 611 g/mol. The molecule has 5 heteroatoms. The van der Waals surface area contributed by atoms with Crippen LogP contribution in [0.2, 0.25) is 0 Å². The van der Waals surface area contributed by atoms with E-state index in [0.29, 0.717) is 23.2 Å². The van der Waals surface area contributed by atoms with Crippen LogP contribution in [0.3, 0.4) is 0 Å². The second-order valence-electron chi connectivity index (χ2n) is 12.5. The fourth-order valence-electron chi connectivity index (χ4n) is 7.18. The molecule has 3 aromatic heterocycles. The number of hydrogen-bond acceptors (Lipinski definition) is 5. The largest absolute Gasteiger partial charge is 0.252 e.